The van der Waals surface area contributed by atoms with E-state index in [2.05, 4.69) is 193 Å². The fourth-order valence-electron chi connectivity index (χ4n) is 7.01. The summed E-state index contributed by atoms with van der Waals surface area (Å²) < 4.78 is 0. The number of rotatable bonds is 5. The van der Waals surface area contributed by atoms with Crippen molar-refractivity contribution in [1.82, 2.24) is 0 Å². The summed E-state index contributed by atoms with van der Waals surface area (Å²) in [5.41, 5.74) is 8.31. The number of benzene rings is 9. The van der Waals surface area contributed by atoms with Crippen LogP contribution in [0.4, 0.5) is 17.1 Å². The molecule has 0 spiro atoms. The van der Waals surface area contributed by atoms with E-state index in [1.54, 1.807) is 0 Å². The van der Waals surface area contributed by atoms with Gasteiger partial charge in [0, 0.05) is 16.8 Å². The van der Waals surface area contributed by atoms with Gasteiger partial charge in [0.2, 0.25) is 0 Å². The summed E-state index contributed by atoms with van der Waals surface area (Å²) in [5.74, 6) is 0. The lowest BCUT2D eigenvalue weighted by atomic mass is 9.96. The second-order valence-electron chi connectivity index (χ2n) is 12.2. The van der Waals surface area contributed by atoms with E-state index in [0.717, 1.165) is 11.4 Å². The molecule has 0 amide bonds. The summed E-state index contributed by atoms with van der Waals surface area (Å²) in [6.45, 7) is 0. The smallest absolute Gasteiger partial charge is 0.0546 e. The van der Waals surface area contributed by atoms with Crippen LogP contribution in [0.5, 0.6) is 0 Å². The molecule has 0 aliphatic carbocycles. The van der Waals surface area contributed by atoms with Crippen LogP contribution in [0, 0.1) is 0 Å². The summed E-state index contributed by atoms with van der Waals surface area (Å²) >= 11 is 0. The van der Waals surface area contributed by atoms with Crippen LogP contribution in [-0.2, 0) is 0 Å². The van der Waals surface area contributed by atoms with E-state index in [1.165, 1.54) is 71.0 Å². The lowest BCUT2D eigenvalue weighted by Crippen LogP contribution is -2.10. The Kier molecular flexibility index (Phi) is 6.54. The second kappa shape index (κ2) is 11.3. The van der Waals surface area contributed by atoms with Crippen molar-refractivity contribution in [2.24, 2.45) is 0 Å². The van der Waals surface area contributed by atoms with Gasteiger partial charge in [-0.1, -0.05) is 140 Å². The predicted octanol–water partition coefficient (Wildman–Crippen LogP) is 13.1. The number of nitrogens with zero attached hydrogens (tertiary/aromatic N) is 1. The summed E-state index contributed by atoms with van der Waals surface area (Å²) in [7, 11) is 0. The minimum atomic E-state index is 1.12. The van der Waals surface area contributed by atoms with E-state index in [4.69, 9.17) is 0 Å². The molecular formula is C46H31N. The van der Waals surface area contributed by atoms with E-state index in [9.17, 15) is 0 Å². The normalized spacial score (nSPS) is 11.4. The van der Waals surface area contributed by atoms with Crippen LogP contribution in [0.1, 0.15) is 0 Å². The van der Waals surface area contributed by atoms with Crippen molar-refractivity contribution in [3.63, 3.8) is 0 Å². The number of fused-ring (bicyclic) bond motifs is 5. The third kappa shape index (κ3) is 4.90. The highest BCUT2D eigenvalue weighted by Gasteiger charge is 2.17. The molecule has 9 aromatic carbocycles. The van der Waals surface area contributed by atoms with Crippen molar-refractivity contribution < 1.29 is 0 Å². The Morgan fingerprint density at radius 3 is 1.51 bits per heavy atom. The van der Waals surface area contributed by atoms with Crippen molar-refractivity contribution in [3.8, 4) is 22.3 Å². The average molecular weight is 598 g/mol. The number of para-hydroxylation sites is 1. The van der Waals surface area contributed by atoms with Gasteiger partial charge in [0.25, 0.3) is 0 Å². The summed E-state index contributed by atoms with van der Waals surface area (Å²) in [6, 6.07) is 68.3. The first-order chi connectivity index (χ1) is 23.3. The van der Waals surface area contributed by atoms with Gasteiger partial charge in [0.15, 0.2) is 0 Å². The molecule has 0 aliphatic heterocycles. The topological polar surface area (TPSA) is 3.24 Å². The van der Waals surface area contributed by atoms with Gasteiger partial charge in [0.1, 0.15) is 0 Å². The minimum Gasteiger partial charge on any atom is -0.310 e. The highest BCUT2D eigenvalue weighted by atomic mass is 15.1. The lowest BCUT2D eigenvalue weighted by Gasteiger charge is -2.27. The van der Waals surface area contributed by atoms with Gasteiger partial charge in [-0.15, -0.1) is 0 Å². The van der Waals surface area contributed by atoms with Crippen LogP contribution in [0.3, 0.4) is 0 Å². The molecule has 47 heavy (non-hydrogen) atoms. The van der Waals surface area contributed by atoms with E-state index in [1.807, 2.05) is 0 Å². The third-order valence-corrected chi connectivity index (χ3v) is 9.38. The van der Waals surface area contributed by atoms with Gasteiger partial charge in [-0.05, 0) is 108 Å². The molecule has 1 heteroatoms. The molecule has 220 valence electrons. The Hall–Kier alpha value is -6.18. The highest BCUT2D eigenvalue weighted by Crippen LogP contribution is 2.42. The van der Waals surface area contributed by atoms with Gasteiger partial charge in [-0.3, -0.25) is 0 Å². The van der Waals surface area contributed by atoms with Crippen LogP contribution < -0.4 is 4.90 Å². The molecule has 1 nitrogen and oxygen atoms in total. The second-order valence-corrected chi connectivity index (χ2v) is 12.2. The van der Waals surface area contributed by atoms with Crippen LogP contribution in [0.25, 0.3) is 65.3 Å². The molecule has 0 saturated carbocycles. The van der Waals surface area contributed by atoms with Crippen molar-refractivity contribution in [1.29, 1.82) is 0 Å². The quantitative estimate of drug-likeness (QED) is 0.178. The first-order valence-electron chi connectivity index (χ1n) is 16.2. The Bertz CT molecular complexity index is 2560. The molecule has 0 bridgehead atoms. The van der Waals surface area contributed by atoms with E-state index < -0.39 is 0 Å². The minimum absolute atomic E-state index is 1.12. The summed E-state index contributed by atoms with van der Waals surface area (Å²) in [5, 5.41) is 10.0. The molecular weight excluding hydrogens is 567 g/mol. The van der Waals surface area contributed by atoms with Crippen molar-refractivity contribution >= 4 is 60.2 Å². The van der Waals surface area contributed by atoms with Gasteiger partial charge < -0.3 is 4.90 Å². The van der Waals surface area contributed by atoms with E-state index in [0.29, 0.717) is 0 Å². The largest absolute Gasteiger partial charge is 0.310 e. The van der Waals surface area contributed by atoms with Crippen LogP contribution >= 0.6 is 0 Å². The highest BCUT2D eigenvalue weighted by molar-refractivity contribution is 6.15. The molecule has 0 aliphatic rings. The summed E-state index contributed by atoms with van der Waals surface area (Å²) in [6.07, 6.45) is 0. The third-order valence-electron chi connectivity index (χ3n) is 9.38. The molecule has 9 rings (SSSR count). The SMILES string of the molecule is c1ccc(N(c2ccc(-c3ccc4ccc(-c5ccc6ccccc6c5)cc4c3)cc2)c2cccc3ccc4ccccc4c23)cc1. The van der Waals surface area contributed by atoms with Crippen molar-refractivity contribution in [2.75, 3.05) is 4.90 Å². The fraction of sp³-hybridized carbons (Fsp3) is 0. The molecule has 0 radical (unpaired) electrons. The lowest BCUT2D eigenvalue weighted by molar-refractivity contribution is 1.30. The number of hydrogen-bond acceptors (Lipinski definition) is 1. The van der Waals surface area contributed by atoms with Crippen molar-refractivity contribution in [3.05, 3.63) is 188 Å². The maximum atomic E-state index is 2.38. The zero-order chi connectivity index (χ0) is 31.2. The molecule has 0 N–H and O–H groups in total. The Morgan fingerprint density at radius 2 is 0.766 bits per heavy atom. The molecule has 0 atom stereocenters. The molecule has 0 aromatic heterocycles. The van der Waals surface area contributed by atoms with Gasteiger partial charge in [-0.25, -0.2) is 0 Å². The standard InChI is InChI=1S/C46H31N/c1-2-13-42(14-3-1)47(45-16-8-12-36-21-20-35-10-6-7-15-44(35)46(36)45)43-27-25-33(26-28-43)38-22-18-34-19-24-40(31-41(34)30-38)39-23-17-32-9-4-5-11-37(32)29-39/h1-31H. The predicted molar refractivity (Wildman–Crippen MR) is 202 cm³/mol. The maximum Gasteiger partial charge on any atom is 0.0546 e. The first kappa shape index (κ1) is 27.2. The molecule has 0 heterocycles. The van der Waals surface area contributed by atoms with Crippen LogP contribution in [-0.4, -0.2) is 0 Å². The number of hydrogen-bond donors (Lipinski definition) is 0. The monoisotopic (exact) mass is 597 g/mol. The van der Waals surface area contributed by atoms with Crippen molar-refractivity contribution in [2.45, 2.75) is 0 Å². The molecule has 0 fully saturated rings. The Morgan fingerprint density at radius 1 is 0.277 bits per heavy atom. The number of anilines is 3. The summed E-state index contributed by atoms with van der Waals surface area (Å²) in [4.78, 5) is 2.38. The van der Waals surface area contributed by atoms with Gasteiger partial charge in [-0.2, -0.15) is 0 Å². The first-order valence-corrected chi connectivity index (χ1v) is 16.2. The van der Waals surface area contributed by atoms with E-state index in [-0.39, 0.29) is 0 Å². The zero-order valence-electron chi connectivity index (χ0n) is 25.8. The molecule has 9 aromatic rings. The molecule has 0 unspecified atom stereocenters. The van der Waals surface area contributed by atoms with Crippen LogP contribution in [0.2, 0.25) is 0 Å². The van der Waals surface area contributed by atoms with Crippen LogP contribution in [0.15, 0.2) is 188 Å². The Labute approximate surface area is 274 Å². The molecule has 0 saturated heterocycles. The maximum absolute atomic E-state index is 2.38. The van der Waals surface area contributed by atoms with Gasteiger partial charge in [0.05, 0.1) is 5.69 Å². The van der Waals surface area contributed by atoms with E-state index >= 15 is 0 Å². The zero-order valence-corrected chi connectivity index (χ0v) is 25.8. The average Bonchev–Trinajstić information content (AvgIpc) is 3.15. The van der Waals surface area contributed by atoms with Gasteiger partial charge >= 0.3 is 0 Å². The fourth-order valence-corrected chi connectivity index (χ4v) is 7.01. The Balaban J connectivity index is 1.12.